The molecule has 1 saturated carbocycles. The third-order valence-corrected chi connectivity index (χ3v) is 5.63. The molecule has 4 atom stereocenters. The average Bonchev–Trinajstić information content (AvgIpc) is 3.20. The summed E-state index contributed by atoms with van der Waals surface area (Å²) in [6.07, 6.45) is 4.70. The zero-order valence-corrected chi connectivity index (χ0v) is 13.4. The van der Waals surface area contributed by atoms with Crippen LogP contribution in [0.5, 0.6) is 0 Å². The number of benzene rings is 2. The van der Waals surface area contributed by atoms with Crippen LogP contribution >= 0.6 is 0 Å². The van der Waals surface area contributed by atoms with Crippen LogP contribution in [-0.2, 0) is 10.2 Å². The molecule has 0 aromatic heterocycles. The molecule has 0 saturated heterocycles. The Labute approximate surface area is 144 Å². The Hall–Kier alpha value is -2.95. The maximum atomic E-state index is 12.2. The molecule has 1 fully saturated rings. The number of fused-ring (bicyclic) bond motifs is 2. The zero-order chi connectivity index (χ0) is 17.6. The molecule has 4 unspecified atom stereocenters. The van der Waals surface area contributed by atoms with E-state index < -0.39 is 22.2 Å². The fourth-order valence-electron chi connectivity index (χ4n) is 4.66. The van der Waals surface area contributed by atoms with E-state index in [0.717, 1.165) is 5.56 Å². The van der Waals surface area contributed by atoms with Gasteiger partial charge in [-0.2, -0.15) is 0 Å². The lowest BCUT2D eigenvalue weighted by atomic mass is 9.68. The van der Waals surface area contributed by atoms with Crippen molar-refractivity contribution in [1.82, 2.24) is 0 Å². The first-order valence-electron chi connectivity index (χ1n) is 8.25. The van der Waals surface area contributed by atoms with Crippen molar-refractivity contribution in [2.75, 3.05) is 0 Å². The normalized spacial score (nSPS) is 29.7. The number of rotatable bonds is 4. The first-order valence-corrected chi connectivity index (χ1v) is 8.25. The van der Waals surface area contributed by atoms with Crippen LogP contribution in [0.15, 0.2) is 66.7 Å². The standard InChI is InChI=1S/C20H17NO4/c22-19(23)18-17(13-5-2-1-3-6-13)14-9-10-20(18,12-14)15-7-4-8-16(11-15)21(24)25/h1-11,14,17-18H,12H2,(H,22,23). The van der Waals surface area contributed by atoms with E-state index in [1.54, 1.807) is 6.07 Å². The van der Waals surface area contributed by atoms with E-state index in [1.807, 2.05) is 42.5 Å². The molecular formula is C20H17NO4. The summed E-state index contributed by atoms with van der Waals surface area (Å²) in [6.45, 7) is 0. The lowest BCUT2D eigenvalue weighted by molar-refractivity contribution is -0.385. The highest BCUT2D eigenvalue weighted by molar-refractivity contribution is 5.77. The van der Waals surface area contributed by atoms with E-state index >= 15 is 0 Å². The molecule has 2 bridgehead atoms. The highest BCUT2D eigenvalue weighted by Crippen LogP contribution is 2.61. The Morgan fingerprint density at radius 1 is 1.16 bits per heavy atom. The fourth-order valence-corrected chi connectivity index (χ4v) is 4.66. The lowest BCUT2D eigenvalue weighted by Gasteiger charge is -2.34. The van der Waals surface area contributed by atoms with Gasteiger partial charge in [-0.1, -0.05) is 54.6 Å². The van der Waals surface area contributed by atoms with Crippen LogP contribution in [0.25, 0.3) is 0 Å². The quantitative estimate of drug-likeness (QED) is 0.522. The Morgan fingerprint density at radius 3 is 2.60 bits per heavy atom. The molecule has 2 aliphatic carbocycles. The second kappa shape index (κ2) is 5.55. The third-order valence-electron chi connectivity index (χ3n) is 5.63. The number of non-ortho nitro benzene ring substituents is 1. The van der Waals surface area contributed by atoms with Crippen molar-refractivity contribution in [3.63, 3.8) is 0 Å². The number of nitro benzene ring substituents is 1. The van der Waals surface area contributed by atoms with Gasteiger partial charge in [-0.15, -0.1) is 0 Å². The average molecular weight is 335 g/mol. The van der Waals surface area contributed by atoms with Gasteiger partial charge in [-0.25, -0.2) is 0 Å². The first-order chi connectivity index (χ1) is 12.0. The number of carboxylic acid groups (broad SMARTS) is 1. The van der Waals surface area contributed by atoms with Crippen LogP contribution in [0.3, 0.4) is 0 Å². The van der Waals surface area contributed by atoms with Crippen LogP contribution in [0.4, 0.5) is 5.69 Å². The predicted molar refractivity (Wildman–Crippen MR) is 92.3 cm³/mol. The van der Waals surface area contributed by atoms with Crippen LogP contribution in [0, 0.1) is 22.0 Å². The molecule has 0 aliphatic heterocycles. The molecule has 5 nitrogen and oxygen atoms in total. The molecule has 0 heterocycles. The maximum absolute atomic E-state index is 12.2. The van der Waals surface area contributed by atoms with Crippen molar-refractivity contribution < 1.29 is 14.8 Å². The second-order valence-corrected chi connectivity index (χ2v) is 6.83. The van der Waals surface area contributed by atoms with Gasteiger partial charge in [-0.3, -0.25) is 14.9 Å². The van der Waals surface area contributed by atoms with Crippen molar-refractivity contribution in [1.29, 1.82) is 0 Å². The number of carbonyl (C=O) groups is 1. The molecule has 2 aromatic carbocycles. The topological polar surface area (TPSA) is 80.4 Å². The molecule has 126 valence electrons. The number of aliphatic carboxylic acids is 1. The van der Waals surface area contributed by atoms with Crippen molar-refractivity contribution in [2.45, 2.75) is 17.8 Å². The molecule has 0 spiro atoms. The Bertz CT molecular complexity index is 876. The number of nitro groups is 1. The van der Waals surface area contributed by atoms with Gasteiger partial charge in [0.15, 0.2) is 0 Å². The predicted octanol–water partition coefficient (Wildman–Crippen LogP) is 3.91. The third kappa shape index (κ3) is 2.27. The Kier molecular flexibility index (Phi) is 3.46. The van der Waals surface area contributed by atoms with Crippen LogP contribution in [-0.4, -0.2) is 16.0 Å². The van der Waals surface area contributed by atoms with Gasteiger partial charge < -0.3 is 5.11 Å². The highest BCUT2D eigenvalue weighted by atomic mass is 16.6. The van der Waals surface area contributed by atoms with Gasteiger partial charge >= 0.3 is 5.97 Å². The van der Waals surface area contributed by atoms with Crippen molar-refractivity contribution in [3.8, 4) is 0 Å². The summed E-state index contributed by atoms with van der Waals surface area (Å²) < 4.78 is 0. The highest BCUT2D eigenvalue weighted by Gasteiger charge is 2.59. The number of hydrogen-bond acceptors (Lipinski definition) is 3. The molecule has 1 N–H and O–H groups in total. The van der Waals surface area contributed by atoms with Gasteiger partial charge in [0.2, 0.25) is 0 Å². The van der Waals surface area contributed by atoms with E-state index in [1.165, 1.54) is 12.1 Å². The lowest BCUT2D eigenvalue weighted by Crippen LogP contribution is -2.37. The number of carboxylic acids is 1. The summed E-state index contributed by atoms with van der Waals surface area (Å²) in [7, 11) is 0. The molecule has 25 heavy (non-hydrogen) atoms. The van der Waals surface area contributed by atoms with Gasteiger partial charge in [0.1, 0.15) is 0 Å². The Morgan fingerprint density at radius 2 is 1.92 bits per heavy atom. The molecule has 0 radical (unpaired) electrons. The maximum Gasteiger partial charge on any atom is 0.308 e. The second-order valence-electron chi connectivity index (χ2n) is 6.83. The zero-order valence-electron chi connectivity index (χ0n) is 13.4. The van der Waals surface area contributed by atoms with E-state index in [9.17, 15) is 20.0 Å². The summed E-state index contributed by atoms with van der Waals surface area (Å²) in [4.78, 5) is 22.9. The van der Waals surface area contributed by atoms with E-state index in [0.29, 0.717) is 12.0 Å². The fraction of sp³-hybridized carbons (Fsp3) is 0.250. The number of hydrogen-bond donors (Lipinski definition) is 1. The van der Waals surface area contributed by atoms with E-state index in [-0.39, 0.29) is 17.5 Å². The van der Waals surface area contributed by atoms with Crippen LogP contribution in [0.2, 0.25) is 0 Å². The molecule has 2 aliphatic rings. The van der Waals surface area contributed by atoms with E-state index in [4.69, 9.17) is 0 Å². The van der Waals surface area contributed by atoms with Gasteiger partial charge in [-0.05, 0) is 23.5 Å². The minimum absolute atomic E-state index is 0.00368. The molecular weight excluding hydrogens is 318 g/mol. The molecule has 5 heteroatoms. The summed E-state index contributed by atoms with van der Waals surface area (Å²) in [5, 5.41) is 21.1. The minimum Gasteiger partial charge on any atom is -0.481 e. The van der Waals surface area contributed by atoms with Crippen LogP contribution in [0.1, 0.15) is 23.5 Å². The summed E-state index contributed by atoms with van der Waals surface area (Å²) in [5.74, 6) is -1.48. The molecule has 4 rings (SSSR count). The summed E-state index contributed by atoms with van der Waals surface area (Å²) >= 11 is 0. The van der Waals surface area contributed by atoms with Crippen molar-refractivity contribution >= 4 is 11.7 Å². The van der Waals surface area contributed by atoms with Gasteiger partial charge in [0.05, 0.1) is 10.8 Å². The van der Waals surface area contributed by atoms with Crippen molar-refractivity contribution in [3.05, 3.63) is 88.0 Å². The SMILES string of the molecule is O=C(O)C1C(c2ccccc2)C2C=CC1(c1cccc([N+](=O)[O-])c1)C2. The monoisotopic (exact) mass is 335 g/mol. The van der Waals surface area contributed by atoms with Gasteiger partial charge in [0.25, 0.3) is 5.69 Å². The largest absolute Gasteiger partial charge is 0.481 e. The number of allylic oxidation sites excluding steroid dienone is 2. The molecule has 2 aromatic rings. The van der Waals surface area contributed by atoms with Gasteiger partial charge in [0, 0.05) is 23.5 Å². The van der Waals surface area contributed by atoms with Crippen LogP contribution < -0.4 is 0 Å². The summed E-state index contributed by atoms with van der Waals surface area (Å²) in [5.41, 5.74) is 1.03. The summed E-state index contributed by atoms with van der Waals surface area (Å²) in [6, 6.07) is 16.1. The molecule has 0 amide bonds. The minimum atomic E-state index is -0.854. The first kappa shape index (κ1) is 15.6. The number of nitrogens with zero attached hydrogens (tertiary/aromatic N) is 1. The van der Waals surface area contributed by atoms with Crippen molar-refractivity contribution in [2.24, 2.45) is 11.8 Å². The van der Waals surface area contributed by atoms with E-state index in [2.05, 4.69) is 6.08 Å². The Balaban J connectivity index is 1.85. The smallest absolute Gasteiger partial charge is 0.308 e.